The summed E-state index contributed by atoms with van der Waals surface area (Å²) in [5, 5.41) is 10.2. The lowest BCUT2D eigenvalue weighted by Gasteiger charge is -2.14. The van der Waals surface area contributed by atoms with Crippen molar-refractivity contribution in [3.05, 3.63) is 34.9 Å². The fourth-order valence-electron chi connectivity index (χ4n) is 1.17. The van der Waals surface area contributed by atoms with Crippen molar-refractivity contribution in [1.29, 1.82) is 0 Å². The summed E-state index contributed by atoms with van der Waals surface area (Å²) in [6, 6.07) is 6.17. The summed E-state index contributed by atoms with van der Waals surface area (Å²) in [5.74, 6) is 0. The van der Waals surface area contributed by atoms with Gasteiger partial charge in [-0.3, -0.25) is 0 Å². The molecule has 2 unspecified atom stereocenters. The zero-order valence-electron chi connectivity index (χ0n) is 7.66. The maximum absolute atomic E-state index is 12.1. The predicted molar refractivity (Wildman–Crippen MR) is 55.0 cm³/mol. The lowest BCUT2D eigenvalue weighted by molar-refractivity contribution is 0.152. The fraction of sp³-hybridized carbons (Fsp3) is 0.400. The minimum atomic E-state index is -0.724. The molecule has 0 heterocycles. The van der Waals surface area contributed by atoms with E-state index in [4.69, 9.17) is 17.3 Å². The zero-order chi connectivity index (χ0) is 10.6. The van der Waals surface area contributed by atoms with Crippen LogP contribution in [0.5, 0.6) is 0 Å². The number of aliphatic hydroxyl groups is 1. The third-order valence-corrected chi connectivity index (χ3v) is 2.23. The van der Waals surface area contributed by atoms with Gasteiger partial charge >= 0.3 is 0 Å². The van der Waals surface area contributed by atoms with Gasteiger partial charge in [0.05, 0.1) is 6.10 Å². The first-order valence-electron chi connectivity index (χ1n) is 4.38. The predicted octanol–water partition coefficient (Wildman–Crippen LogP) is 2.06. The molecule has 0 spiro atoms. The molecule has 0 fully saturated rings. The molecule has 0 aliphatic carbocycles. The molecule has 0 saturated heterocycles. The van der Waals surface area contributed by atoms with Crippen molar-refractivity contribution in [2.75, 3.05) is 6.67 Å². The second-order valence-corrected chi connectivity index (χ2v) is 3.65. The Labute approximate surface area is 87.5 Å². The highest BCUT2D eigenvalue weighted by Gasteiger charge is 2.12. The van der Waals surface area contributed by atoms with Gasteiger partial charge in [0.25, 0.3) is 0 Å². The third kappa shape index (κ3) is 3.25. The highest BCUT2D eigenvalue weighted by Crippen LogP contribution is 2.19. The number of benzene rings is 1. The van der Waals surface area contributed by atoms with E-state index in [-0.39, 0.29) is 6.42 Å². The van der Waals surface area contributed by atoms with Gasteiger partial charge in [-0.05, 0) is 24.1 Å². The Hall–Kier alpha value is -0.640. The second-order valence-electron chi connectivity index (χ2n) is 3.22. The van der Waals surface area contributed by atoms with E-state index in [9.17, 15) is 9.50 Å². The molecule has 0 saturated carbocycles. The number of hydrogen-bond donors (Lipinski definition) is 2. The van der Waals surface area contributed by atoms with E-state index in [0.717, 1.165) is 0 Å². The van der Waals surface area contributed by atoms with Crippen LogP contribution in [0.3, 0.4) is 0 Å². The standard InChI is InChI=1S/C10H13ClFNO/c11-8-3-1-7(2-4-8)10(14)5-9(13)6-12/h1-4,9-10,14H,5-6,13H2. The number of halogens is 2. The molecule has 1 aromatic rings. The Morgan fingerprint density at radius 2 is 1.93 bits per heavy atom. The Bertz CT molecular complexity index is 278. The van der Waals surface area contributed by atoms with Gasteiger partial charge in [0, 0.05) is 11.1 Å². The average Bonchev–Trinajstić information content (AvgIpc) is 2.18. The van der Waals surface area contributed by atoms with E-state index in [1.165, 1.54) is 0 Å². The molecule has 0 aliphatic heterocycles. The lowest BCUT2D eigenvalue weighted by atomic mass is 10.0. The molecule has 1 rings (SSSR count). The molecule has 14 heavy (non-hydrogen) atoms. The van der Waals surface area contributed by atoms with Gasteiger partial charge in [0.1, 0.15) is 6.67 Å². The van der Waals surface area contributed by atoms with E-state index < -0.39 is 18.8 Å². The van der Waals surface area contributed by atoms with Gasteiger partial charge < -0.3 is 10.8 Å². The highest BCUT2D eigenvalue weighted by atomic mass is 35.5. The van der Waals surface area contributed by atoms with Crippen molar-refractivity contribution in [3.63, 3.8) is 0 Å². The van der Waals surface area contributed by atoms with Crippen LogP contribution in [0.2, 0.25) is 5.02 Å². The minimum Gasteiger partial charge on any atom is -0.388 e. The van der Waals surface area contributed by atoms with Crippen molar-refractivity contribution < 1.29 is 9.50 Å². The number of hydrogen-bond acceptors (Lipinski definition) is 2. The Morgan fingerprint density at radius 1 is 1.36 bits per heavy atom. The highest BCUT2D eigenvalue weighted by molar-refractivity contribution is 6.30. The second kappa shape index (κ2) is 5.29. The molecule has 2 nitrogen and oxygen atoms in total. The van der Waals surface area contributed by atoms with Gasteiger partial charge in [0.15, 0.2) is 0 Å². The first-order valence-corrected chi connectivity index (χ1v) is 4.76. The largest absolute Gasteiger partial charge is 0.388 e. The molecule has 78 valence electrons. The van der Waals surface area contributed by atoms with Crippen LogP contribution in [0.1, 0.15) is 18.1 Å². The van der Waals surface area contributed by atoms with Crippen LogP contribution >= 0.6 is 11.6 Å². The van der Waals surface area contributed by atoms with Crippen LogP contribution in [0.25, 0.3) is 0 Å². The van der Waals surface area contributed by atoms with Crippen molar-refractivity contribution in [3.8, 4) is 0 Å². The summed E-state index contributed by atoms with van der Waals surface area (Å²) in [5.41, 5.74) is 6.09. The number of aliphatic hydroxyl groups excluding tert-OH is 1. The Morgan fingerprint density at radius 3 is 2.43 bits per heavy atom. The van der Waals surface area contributed by atoms with Gasteiger partial charge in [-0.2, -0.15) is 0 Å². The van der Waals surface area contributed by atoms with Crippen molar-refractivity contribution in [1.82, 2.24) is 0 Å². The van der Waals surface area contributed by atoms with E-state index in [0.29, 0.717) is 10.6 Å². The maximum atomic E-state index is 12.1. The molecular weight excluding hydrogens is 205 g/mol. The maximum Gasteiger partial charge on any atom is 0.105 e. The summed E-state index contributed by atoms with van der Waals surface area (Å²) in [6.45, 7) is -0.620. The first-order chi connectivity index (χ1) is 6.63. The quantitative estimate of drug-likeness (QED) is 0.811. The Balaban J connectivity index is 2.60. The van der Waals surface area contributed by atoms with Crippen LogP contribution in [-0.2, 0) is 0 Å². The summed E-state index contributed by atoms with van der Waals surface area (Å²) in [6.07, 6.45) is -0.504. The summed E-state index contributed by atoms with van der Waals surface area (Å²) < 4.78 is 12.1. The molecule has 3 N–H and O–H groups in total. The molecule has 0 amide bonds. The van der Waals surface area contributed by atoms with Crippen LogP contribution < -0.4 is 5.73 Å². The summed E-state index contributed by atoms with van der Waals surface area (Å²) in [7, 11) is 0. The molecule has 4 heteroatoms. The third-order valence-electron chi connectivity index (χ3n) is 1.98. The SMILES string of the molecule is NC(CF)CC(O)c1ccc(Cl)cc1. The molecule has 0 radical (unpaired) electrons. The van der Waals surface area contributed by atoms with E-state index >= 15 is 0 Å². The van der Waals surface area contributed by atoms with Crippen molar-refractivity contribution >= 4 is 11.6 Å². The first kappa shape index (κ1) is 11.4. The van der Waals surface area contributed by atoms with Gasteiger partial charge in [-0.15, -0.1) is 0 Å². The zero-order valence-corrected chi connectivity index (χ0v) is 8.41. The van der Waals surface area contributed by atoms with E-state index in [1.54, 1.807) is 24.3 Å². The van der Waals surface area contributed by atoms with Crippen molar-refractivity contribution in [2.24, 2.45) is 5.73 Å². The number of alkyl halides is 1. The monoisotopic (exact) mass is 217 g/mol. The number of rotatable bonds is 4. The van der Waals surface area contributed by atoms with Gasteiger partial charge in [-0.25, -0.2) is 4.39 Å². The van der Waals surface area contributed by atoms with Crippen LogP contribution in [0.15, 0.2) is 24.3 Å². The molecule has 1 aromatic carbocycles. The molecule has 0 aliphatic rings. The van der Waals surface area contributed by atoms with Gasteiger partial charge in [-0.1, -0.05) is 23.7 Å². The minimum absolute atomic E-state index is 0.220. The smallest absolute Gasteiger partial charge is 0.105 e. The molecule has 0 bridgehead atoms. The van der Waals surface area contributed by atoms with Crippen LogP contribution in [0, 0.1) is 0 Å². The van der Waals surface area contributed by atoms with E-state index in [2.05, 4.69) is 0 Å². The average molecular weight is 218 g/mol. The number of nitrogens with two attached hydrogens (primary N) is 1. The molecule has 0 aromatic heterocycles. The van der Waals surface area contributed by atoms with E-state index in [1.807, 2.05) is 0 Å². The molecular formula is C10H13ClFNO. The normalized spacial score (nSPS) is 15.1. The van der Waals surface area contributed by atoms with Crippen molar-refractivity contribution in [2.45, 2.75) is 18.6 Å². The van der Waals surface area contributed by atoms with Gasteiger partial charge in [0.2, 0.25) is 0 Å². The molecule has 2 atom stereocenters. The van der Waals surface area contributed by atoms with Crippen LogP contribution in [-0.4, -0.2) is 17.8 Å². The lowest BCUT2D eigenvalue weighted by Crippen LogP contribution is -2.24. The van der Waals surface area contributed by atoms with Crippen LogP contribution in [0.4, 0.5) is 4.39 Å². The topological polar surface area (TPSA) is 46.2 Å². The fourth-order valence-corrected chi connectivity index (χ4v) is 1.30. The summed E-state index contributed by atoms with van der Waals surface area (Å²) >= 11 is 5.68. The summed E-state index contributed by atoms with van der Waals surface area (Å²) in [4.78, 5) is 0. The Kier molecular flexibility index (Phi) is 4.32.